The van der Waals surface area contributed by atoms with Crippen molar-refractivity contribution >= 4 is 11.6 Å². The molecule has 0 unspecified atom stereocenters. The van der Waals surface area contributed by atoms with Crippen LogP contribution in [0.25, 0.3) is 5.65 Å². The lowest BCUT2D eigenvalue weighted by Crippen LogP contribution is -2.18. The minimum absolute atomic E-state index is 0.00805. The quantitative estimate of drug-likeness (QED) is 0.799. The van der Waals surface area contributed by atoms with Gasteiger partial charge in [-0.1, -0.05) is 43.3 Å². The van der Waals surface area contributed by atoms with E-state index in [1.165, 1.54) is 0 Å². The number of nitrogens with zero attached hydrogens (tertiary/aromatic N) is 2. The number of hydrogen-bond donors (Lipinski definition) is 1. The van der Waals surface area contributed by atoms with E-state index in [0.29, 0.717) is 6.42 Å². The van der Waals surface area contributed by atoms with Gasteiger partial charge in [-0.2, -0.15) is 0 Å². The molecular weight excluding hydrogens is 288 g/mol. The predicted molar refractivity (Wildman–Crippen MR) is 87.5 cm³/mol. The number of benzene rings is 1. The third kappa shape index (κ3) is 1.84. The molecule has 0 aliphatic heterocycles. The number of aliphatic carboxylic acids is 1. The summed E-state index contributed by atoms with van der Waals surface area (Å²) >= 11 is 0. The van der Waals surface area contributed by atoms with Crippen molar-refractivity contribution in [3.63, 3.8) is 0 Å². The predicted octanol–water partition coefficient (Wildman–Crippen LogP) is 3.70. The van der Waals surface area contributed by atoms with E-state index < -0.39 is 11.4 Å². The summed E-state index contributed by atoms with van der Waals surface area (Å²) in [6.45, 7) is 1.97. The Balaban J connectivity index is 1.87. The molecule has 2 aromatic heterocycles. The third-order valence-corrected chi connectivity index (χ3v) is 5.24. The number of hydrogen-bond acceptors (Lipinski definition) is 2. The number of aromatic nitrogens is 2. The molecular formula is C19H18N2O2. The van der Waals surface area contributed by atoms with Crippen molar-refractivity contribution in [3.05, 3.63) is 72.2 Å². The lowest BCUT2D eigenvalue weighted by atomic mass is 9.95. The molecule has 0 radical (unpaired) electrons. The number of carboxylic acids is 1. The van der Waals surface area contributed by atoms with Crippen LogP contribution < -0.4 is 0 Å². The van der Waals surface area contributed by atoms with Crippen molar-refractivity contribution in [2.75, 3.05) is 0 Å². The Morgan fingerprint density at radius 1 is 1.17 bits per heavy atom. The van der Waals surface area contributed by atoms with E-state index in [0.717, 1.165) is 16.9 Å². The van der Waals surface area contributed by atoms with Crippen LogP contribution in [-0.4, -0.2) is 20.5 Å². The molecule has 3 aromatic rings. The van der Waals surface area contributed by atoms with E-state index in [-0.39, 0.29) is 11.8 Å². The standard InChI is InChI=1S/C19H18N2O2/c1-2-19(18(22)23)16(13-8-4-3-5-9-13)17(19)14-12-20-15-10-6-7-11-21(14)15/h3-12,16-17H,2H2,1H3,(H,22,23)/t16-,17+,19+/m0/s1. The second-order valence-electron chi connectivity index (χ2n) is 6.18. The summed E-state index contributed by atoms with van der Waals surface area (Å²) in [5.41, 5.74) is 2.19. The number of pyridine rings is 1. The van der Waals surface area contributed by atoms with Gasteiger partial charge in [-0.3, -0.25) is 4.79 Å². The second kappa shape index (κ2) is 4.95. The van der Waals surface area contributed by atoms with Gasteiger partial charge in [0.15, 0.2) is 0 Å². The minimum Gasteiger partial charge on any atom is -0.481 e. The molecule has 116 valence electrons. The Morgan fingerprint density at radius 2 is 1.91 bits per heavy atom. The summed E-state index contributed by atoms with van der Waals surface area (Å²) in [4.78, 5) is 16.5. The molecule has 23 heavy (non-hydrogen) atoms. The first-order valence-corrected chi connectivity index (χ1v) is 7.90. The summed E-state index contributed by atoms with van der Waals surface area (Å²) in [6, 6.07) is 15.8. The molecule has 2 heterocycles. The Kier molecular flexibility index (Phi) is 3.01. The van der Waals surface area contributed by atoms with Crippen LogP contribution in [-0.2, 0) is 4.79 Å². The lowest BCUT2D eigenvalue weighted by molar-refractivity contribution is -0.143. The van der Waals surface area contributed by atoms with Crippen LogP contribution in [0.2, 0.25) is 0 Å². The molecule has 1 aliphatic rings. The van der Waals surface area contributed by atoms with E-state index in [4.69, 9.17) is 0 Å². The highest BCUT2D eigenvalue weighted by molar-refractivity contribution is 5.83. The minimum atomic E-state index is -0.743. The first kappa shape index (κ1) is 14.0. The number of imidazole rings is 1. The summed E-state index contributed by atoms with van der Waals surface area (Å²) in [5, 5.41) is 9.95. The molecule has 0 saturated heterocycles. The van der Waals surface area contributed by atoms with Crippen molar-refractivity contribution in [3.8, 4) is 0 Å². The molecule has 0 bridgehead atoms. The van der Waals surface area contributed by atoms with Gasteiger partial charge in [0.1, 0.15) is 5.65 Å². The Labute approximate surface area is 134 Å². The Bertz CT molecular complexity index is 871. The first-order chi connectivity index (χ1) is 11.2. The largest absolute Gasteiger partial charge is 0.481 e. The van der Waals surface area contributed by atoms with E-state index in [9.17, 15) is 9.90 Å². The van der Waals surface area contributed by atoms with Gasteiger partial charge >= 0.3 is 5.97 Å². The third-order valence-electron chi connectivity index (χ3n) is 5.24. The molecule has 1 fully saturated rings. The molecule has 0 amide bonds. The fourth-order valence-corrected chi connectivity index (χ4v) is 4.06. The van der Waals surface area contributed by atoms with Crippen molar-refractivity contribution in [1.82, 2.24) is 9.38 Å². The van der Waals surface area contributed by atoms with E-state index in [2.05, 4.69) is 4.98 Å². The van der Waals surface area contributed by atoms with Gasteiger partial charge in [-0.05, 0) is 24.1 Å². The molecule has 4 rings (SSSR count). The van der Waals surface area contributed by atoms with Crippen LogP contribution >= 0.6 is 0 Å². The Hall–Kier alpha value is -2.62. The lowest BCUT2D eigenvalue weighted by Gasteiger charge is -2.09. The van der Waals surface area contributed by atoms with Gasteiger partial charge in [-0.15, -0.1) is 0 Å². The molecule has 1 N–H and O–H groups in total. The van der Waals surface area contributed by atoms with Gasteiger partial charge in [0, 0.05) is 29.9 Å². The van der Waals surface area contributed by atoms with Gasteiger partial charge in [0.2, 0.25) is 0 Å². The van der Waals surface area contributed by atoms with Crippen LogP contribution in [0.4, 0.5) is 0 Å². The van der Waals surface area contributed by atoms with E-state index in [1.54, 1.807) is 0 Å². The van der Waals surface area contributed by atoms with E-state index >= 15 is 0 Å². The van der Waals surface area contributed by atoms with Gasteiger partial charge in [-0.25, -0.2) is 4.98 Å². The molecule has 1 saturated carbocycles. The first-order valence-electron chi connectivity index (χ1n) is 7.90. The van der Waals surface area contributed by atoms with Crippen LogP contribution in [0.5, 0.6) is 0 Å². The monoisotopic (exact) mass is 306 g/mol. The van der Waals surface area contributed by atoms with Crippen molar-refractivity contribution in [2.45, 2.75) is 25.2 Å². The molecule has 3 atom stereocenters. The smallest absolute Gasteiger partial charge is 0.310 e. The summed E-state index contributed by atoms with van der Waals surface area (Å²) in [7, 11) is 0. The number of fused-ring (bicyclic) bond motifs is 1. The molecule has 4 nitrogen and oxygen atoms in total. The molecule has 1 aromatic carbocycles. The van der Waals surface area contributed by atoms with Gasteiger partial charge in [0.05, 0.1) is 5.41 Å². The summed E-state index contributed by atoms with van der Waals surface area (Å²) < 4.78 is 2.01. The zero-order valence-electron chi connectivity index (χ0n) is 12.9. The van der Waals surface area contributed by atoms with Crippen molar-refractivity contribution in [2.24, 2.45) is 5.41 Å². The van der Waals surface area contributed by atoms with E-state index in [1.807, 2.05) is 72.2 Å². The van der Waals surface area contributed by atoms with Crippen LogP contribution in [0.1, 0.15) is 36.4 Å². The van der Waals surface area contributed by atoms with Crippen molar-refractivity contribution < 1.29 is 9.90 Å². The van der Waals surface area contributed by atoms with Crippen LogP contribution in [0.3, 0.4) is 0 Å². The Morgan fingerprint density at radius 3 is 2.61 bits per heavy atom. The highest BCUT2D eigenvalue weighted by Gasteiger charge is 2.70. The highest BCUT2D eigenvalue weighted by atomic mass is 16.4. The molecule has 4 heteroatoms. The zero-order chi connectivity index (χ0) is 16.0. The SMILES string of the molecule is CC[C@]1(C(=O)O)[C@H](c2cnc3ccccn23)[C@@H]1c1ccccc1. The van der Waals surface area contributed by atoms with Gasteiger partial charge in [0.25, 0.3) is 0 Å². The average molecular weight is 306 g/mol. The average Bonchev–Trinajstić information content (AvgIpc) is 3.10. The number of rotatable bonds is 4. The van der Waals surface area contributed by atoms with Crippen molar-refractivity contribution in [1.29, 1.82) is 0 Å². The van der Waals surface area contributed by atoms with Crippen LogP contribution in [0, 0.1) is 5.41 Å². The topological polar surface area (TPSA) is 54.6 Å². The maximum Gasteiger partial charge on any atom is 0.310 e. The summed E-state index contributed by atoms with van der Waals surface area (Å²) in [5.74, 6) is -0.777. The van der Waals surface area contributed by atoms with Crippen LogP contribution in [0.15, 0.2) is 60.9 Å². The van der Waals surface area contributed by atoms with Gasteiger partial charge < -0.3 is 9.51 Å². The maximum absolute atomic E-state index is 12.1. The number of carboxylic acid groups (broad SMARTS) is 1. The zero-order valence-corrected chi connectivity index (χ0v) is 12.9. The molecule has 0 spiro atoms. The summed E-state index contributed by atoms with van der Waals surface area (Å²) in [6.07, 6.45) is 4.39. The fraction of sp³-hybridized carbons (Fsp3) is 0.263. The second-order valence-corrected chi connectivity index (χ2v) is 6.18. The highest BCUT2D eigenvalue weighted by Crippen LogP contribution is 2.72. The maximum atomic E-state index is 12.1. The fourth-order valence-electron chi connectivity index (χ4n) is 4.06. The number of carbonyl (C=O) groups is 1. The molecule has 1 aliphatic carbocycles. The normalized spacial score (nSPS) is 26.3.